The number of fused-ring (bicyclic) bond motifs is 5. The highest BCUT2D eigenvalue weighted by molar-refractivity contribution is 7.89. The Bertz CT molecular complexity index is 1820. The number of aryl methyl sites for hydroxylation is 1. The maximum absolute atomic E-state index is 14.9. The molecule has 0 spiro atoms. The lowest BCUT2D eigenvalue weighted by Crippen LogP contribution is -2.64. The van der Waals surface area contributed by atoms with Crippen molar-refractivity contribution in [3.8, 4) is 0 Å². The van der Waals surface area contributed by atoms with E-state index in [9.17, 15) is 23.1 Å². The van der Waals surface area contributed by atoms with E-state index in [0.717, 1.165) is 16.7 Å². The number of aliphatic carboxylic acids is 1. The number of carbonyl (C=O) groups excluding carboxylic acids is 1. The molecule has 4 aliphatic rings. The van der Waals surface area contributed by atoms with E-state index in [1.807, 2.05) is 80.3 Å². The van der Waals surface area contributed by atoms with Crippen LogP contribution in [0.15, 0.2) is 95.4 Å². The Morgan fingerprint density at radius 2 is 1.71 bits per heavy atom. The molecule has 254 valence electrons. The smallest absolute Gasteiger partial charge is 0.321 e. The number of ketones is 1. The van der Waals surface area contributed by atoms with E-state index >= 15 is 0 Å². The second kappa shape index (κ2) is 13.2. The standard InChI is InChI=1S/C38H43ClN2O6S/c1-25-10-8-9-13-33(25)48(45,46)41-34(37(2,3)4)23-29(35(41)27-14-16-28(39)17-15-27)38-20-18-30(32(42)19-21-47-38)40(24-38)31(36(43)44)22-26-11-6-5-7-12-26/h5-17,23,30-31,34-35H,18-22,24H2,1-4H3,(H,43,44)/t30-,31+,34+,35+,38-/m1/s1. The zero-order valence-corrected chi connectivity index (χ0v) is 29.4. The molecule has 0 aliphatic carbocycles. The van der Waals surface area contributed by atoms with E-state index < -0.39 is 51.2 Å². The third kappa shape index (κ3) is 6.39. The summed E-state index contributed by atoms with van der Waals surface area (Å²) in [4.78, 5) is 28.5. The van der Waals surface area contributed by atoms with Crippen LogP contribution in [0.5, 0.6) is 0 Å². The average Bonchev–Trinajstić information content (AvgIpc) is 3.47. The number of Topliss-reactive ketones (excluding diaryl/α,β-unsaturated/α-hetero) is 1. The number of sulfonamides is 1. The maximum Gasteiger partial charge on any atom is 0.321 e. The molecule has 0 unspecified atom stereocenters. The number of benzene rings is 3. The molecule has 4 aliphatic heterocycles. The molecule has 3 aromatic rings. The zero-order chi connectivity index (χ0) is 34.4. The molecule has 3 aromatic carbocycles. The Morgan fingerprint density at radius 3 is 2.35 bits per heavy atom. The van der Waals surface area contributed by atoms with Crippen molar-refractivity contribution in [2.24, 2.45) is 5.41 Å². The number of carboxylic acids is 1. The highest BCUT2D eigenvalue weighted by Crippen LogP contribution is 2.53. The van der Waals surface area contributed by atoms with Gasteiger partial charge in [-0.25, -0.2) is 8.42 Å². The fourth-order valence-corrected chi connectivity index (χ4v) is 9.98. The van der Waals surface area contributed by atoms with E-state index in [1.165, 1.54) is 0 Å². The average molecular weight is 691 g/mol. The molecule has 0 amide bonds. The van der Waals surface area contributed by atoms with Gasteiger partial charge < -0.3 is 9.84 Å². The quantitative estimate of drug-likeness (QED) is 0.265. The van der Waals surface area contributed by atoms with Gasteiger partial charge in [-0.3, -0.25) is 14.5 Å². The van der Waals surface area contributed by atoms with Gasteiger partial charge in [0.1, 0.15) is 11.6 Å². The predicted molar refractivity (Wildman–Crippen MR) is 185 cm³/mol. The number of hydrogen-bond donors (Lipinski definition) is 1. The molecular formula is C38H43ClN2O6S. The lowest BCUT2D eigenvalue weighted by molar-refractivity contribution is -0.159. The molecule has 4 heterocycles. The third-order valence-electron chi connectivity index (χ3n) is 10.1. The van der Waals surface area contributed by atoms with E-state index in [-0.39, 0.29) is 36.7 Å². The number of nitrogens with zero attached hydrogens (tertiary/aromatic N) is 2. The number of hydrogen-bond acceptors (Lipinski definition) is 6. The number of ether oxygens (including phenoxy) is 1. The highest BCUT2D eigenvalue weighted by atomic mass is 35.5. The summed E-state index contributed by atoms with van der Waals surface area (Å²) in [7, 11) is -4.08. The normalized spacial score (nSPS) is 26.1. The Morgan fingerprint density at radius 1 is 1.04 bits per heavy atom. The van der Waals surface area contributed by atoms with Crippen LogP contribution in [0.1, 0.15) is 62.8 Å². The van der Waals surface area contributed by atoms with Crippen LogP contribution in [0.4, 0.5) is 0 Å². The highest BCUT2D eigenvalue weighted by Gasteiger charge is 2.57. The van der Waals surface area contributed by atoms with Crippen molar-refractivity contribution in [1.29, 1.82) is 0 Å². The van der Waals surface area contributed by atoms with Gasteiger partial charge in [0, 0.05) is 24.0 Å². The summed E-state index contributed by atoms with van der Waals surface area (Å²) in [6.45, 7) is 8.17. The molecular weight excluding hydrogens is 648 g/mol. The van der Waals surface area contributed by atoms with Gasteiger partial charge in [-0.05, 0) is 72.1 Å². The van der Waals surface area contributed by atoms with Gasteiger partial charge in [0.15, 0.2) is 5.78 Å². The van der Waals surface area contributed by atoms with E-state index in [4.69, 9.17) is 16.3 Å². The van der Waals surface area contributed by atoms with Crippen molar-refractivity contribution >= 4 is 33.4 Å². The third-order valence-corrected chi connectivity index (χ3v) is 12.4. The molecule has 10 heteroatoms. The summed E-state index contributed by atoms with van der Waals surface area (Å²) in [6, 6.07) is 20.8. The summed E-state index contributed by atoms with van der Waals surface area (Å²) < 4.78 is 38.2. The van der Waals surface area contributed by atoms with E-state index in [1.54, 1.807) is 41.6 Å². The lowest BCUT2D eigenvalue weighted by Gasteiger charge is -2.51. The molecule has 3 saturated heterocycles. The van der Waals surface area contributed by atoms with Crippen LogP contribution in [0.2, 0.25) is 5.02 Å². The van der Waals surface area contributed by atoms with Crippen LogP contribution in [0.25, 0.3) is 0 Å². The Kier molecular flexibility index (Phi) is 9.47. The molecule has 0 radical (unpaired) electrons. The SMILES string of the molecule is Cc1ccccc1S(=O)(=O)N1[C@@H](c2ccc(Cl)cc2)C([C@]23CC[C@H](C(=O)CCO2)N([C@@H](Cc2ccccc2)C(=O)O)C3)=C[C@H]1C(C)(C)C. The van der Waals surface area contributed by atoms with Crippen LogP contribution in [0.3, 0.4) is 0 Å². The summed E-state index contributed by atoms with van der Waals surface area (Å²) in [5.41, 5.74) is 1.43. The first-order chi connectivity index (χ1) is 22.7. The summed E-state index contributed by atoms with van der Waals surface area (Å²) >= 11 is 6.35. The number of rotatable bonds is 8. The number of piperidine rings is 1. The zero-order valence-electron chi connectivity index (χ0n) is 27.8. The predicted octanol–water partition coefficient (Wildman–Crippen LogP) is 6.62. The molecule has 7 rings (SSSR count). The Labute approximate surface area is 288 Å². The summed E-state index contributed by atoms with van der Waals surface area (Å²) in [6.07, 6.45) is 3.25. The van der Waals surface area contributed by atoms with Gasteiger partial charge in [-0.15, -0.1) is 0 Å². The van der Waals surface area contributed by atoms with Crippen molar-refractivity contribution in [3.63, 3.8) is 0 Å². The van der Waals surface area contributed by atoms with Crippen LogP contribution in [0, 0.1) is 12.3 Å². The van der Waals surface area contributed by atoms with Crippen molar-refractivity contribution in [2.75, 3.05) is 13.2 Å². The minimum atomic E-state index is -4.08. The Hall–Kier alpha value is -3.34. The molecule has 8 nitrogen and oxygen atoms in total. The molecule has 2 bridgehead atoms. The second-order valence-corrected chi connectivity index (χ2v) is 16.6. The molecule has 3 fully saturated rings. The van der Waals surface area contributed by atoms with Crippen molar-refractivity contribution in [1.82, 2.24) is 9.21 Å². The lowest BCUT2D eigenvalue weighted by atomic mass is 9.75. The monoisotopic (exact) mass is 690 g/mol. The minimum absolute atomic E-state index is 0.0337. The van der Waals surface area contributed by atoms with Crippen molar-refractivity contribution in [2.45, 2.75) is 88.0 Å². The summed E-state index contributed by atoms with van der Waals surface area (Å²) in [5.74, 6) is -1.05. The first-order valence-electron chi connectivity index (χ1n) is 16.5. The number of halogens is 1. The van der Waals surface area contributed by atoms with Gasteiger partial charge in [0.25, 0.3) is 0 Å². The Balaban J connectivity index is 1.53. The van der Waals surface area contributed by atoms with Gasteiger partial charge in [-0.1, -0.05) is 99.1 Å². The fraction of sp³-hybridized carbons (Fsp3) is 0.421. The molecule has 0 aromatic heterocycles. The minimum Gasteiger partial charge on any atom is -0.480 e. The van der Waals surface area contributed by atoms with Crippen LogP contribution in [-0.4, -0.2) is 71.4 Å². The van der Waals surface area contributed by atoms with Crippen molar-refractivity contribution < 1.29 is 27.9 Å². The molecule has 48 heavy (non-hydrogen) atoms. The summed E-state index contributed by atoms with van der Waals surface area (Å²) in [5, 5.41) is 11.1. The van der Waals surface area contributed by atoms with Crippen LogP contribution in [-0.2, 0) is 30.8 Å². The van der Waals surface area contributed by atoms with Gasteiger partial charge in [-0.2, -0.15) is 4.31 Å². The van der Waals surface area contributed by atoms with Gasteiger partial charge in [0.2, 0.25) is 10.0 Å². The van der Waals surface area contributed by atoms with Crippen LogP contribution >= 0.6 is 11.6 Å². The van der Waals surface area contributed by atoms with Gasteiger partial charge in [0.05, 0.1) is 23.6 Å². The first kappa shape index (κ1) is 34.5. The molecule has 0 saturated carbocycles. The molecule has 1 N–H and O–H groups in total. The fourth-order valence-electron chi connectivity index (χ4n) is 7.71. The number of carbonyl (C=O) groups is 2. The maximum atomic E-state index is 14.9. The van der Waals surface area contributed by atoms with E-state index in [2.05, 4.69) is 0 Å². The first-order valence-corrected chi connectivity index (χ1v) is 18.3. The number of carboxylic acid groups (broad SMARTS) is 1. The second-order valence-electron chi connectivity index (χ2n) is 14.3. The van der Waals surface area contributed by atoms with Crippen molar-refractivity contribution in [3.05, 3.63) is 112 Å². The largest absolute Gasteiger partial charge is 0.480 e. The molecule has 5 atom stereocenters. The van der Waals surface area contributed by atoms with E-state index in [0.29, 0.717) is 23.4 Å². The van der Waals surface area contributed by atoms with Crippen LogP contribution < -0.4 is 0 Å². The topological polar surface area (TPSA) is 104 Å². The van der Waals surface area contributed by atoms with Gasteiger partial charge >= 0.3 is 5.97 Å².